The Morgan fingerprint density at radius 2 is 2.08 bits per heavy atom. The van der Waals surface area contributed by atoms with Crippen molar-refractivity contribution < 1.29 is 28.2 Å². The van der Waals surface area contributed by atoms with E-state index in [0.717, 1.165) is 12.1 Å². The predicted molar refractivity (Wildman–Crippen MR) is 80.9 cm³/mol. The molecule has 0 aliphatic rings. The van der Waals surface area contributed by atoms with Crippen LogP contribution in [-0.2, 0) is 0 Å². The summed E-state index contributed by atoms with van der Waals surface area (Å²) in [5.41, 5.74) is -0.0873. The molecule has 10 heteroatoms. The Labute approximate surface area is 139 Å². The van der Waals surface area contributed by atoms with E-state index in [1.165, 1.54) is 6.20 Å². The molecule has 0 saturated carbocycles. The predicted octanol–water partition coefficient (Wildman–Crippen LogP) is 3.21. The van der Waals surface area contributed by atoms with E-state index < -0.39 is 17.7 Å². The van der Waals surface area contributed by atoms with Gasteiger partial charge in [0.1, 0.15) is 11.2 Å². The Morgan fingerprint density at radius 3 is 2.72 bits per heavy atom. The molecule has 0 atom stereocenters. The maximum atomic E-state index is 13.7. The number of halogens is 2. The minimum absolute atomic E-state index is 0.0481. The number of aromatic nitrogens is 4. The van der Waals surface area contributed by atoms with Crippen LogP contribution in [0.15, 0.2) is 24.4 Å². The molecule has 0 spiro atoms. The smallest absolute Gasteiger partial charge is 0.434 e. The highest BCUT2D eigenvalue weighted by molar-refractivity contribution is 5.87. The fourth-order valence-corrected chi connectivity index (χ4v) is 2.01. The average molecular weight is 350 g/mol. The molecular formula is C15H12F2N4O4. The topological polar surface area (TPSA) is 99.4 Å². The lowest BCUT2D eigenvalue weighted by atomic mass is 10.3. The van der Waals surface area contributed by atoms with Crippen molar-refractivity contribution in [3.63, 3.8) is 0 Å². The summed E-state index contributed by atoms with van der Waals surface area (Å²) in [5, 5.41) is 13.3. The van der Waals surface area contributed by atoms with Gasteiger partial charge in [-0.3, -0.25) is 0 Å². The van der Waals surface area contributed by atoms with Crippen LogP contribution in [0.4, 0.5) is 13.6 Å². The van der Waals surface area contributed by atoms with E-state index in [2.05, 4.69) is 15.1 Å². The van der Waals surface area contributed by atoms with Crippen LogP contribution in [0.5, 0.6) is 17.6 Å². The maximum absolute atomic E-state index is 13.7. The number of carbonyl (C=O) groups is 1. The van der Waals surface area contributed by atoms with Gasteiger partial charge < -0.3 is 14.6 Å². The molecule has 130 valence electrons. The fourth-order valence-electron chi connectivity index (χ4n) is 2.01. The third kappa shape index (κ3) is 3.32. The molecule has 3 rings (SSSR count). The zero-order chi connectivity index (χ0) is 18.1. The van der Waals surface area contributed by atoms with E-state index in [0.29, 0.717) is 10.7 Å². The van der Waals surface area contributed by atoms with Gasteiger partial charge in [0.15, 0.2) is 17.2 Å². The summed E-state index contributed by atoms with van der Waals surface area (Å²) in [6, 6.07) is 2.40. The molecule has 0 aliphatic carbocycles. The van der Waals surface area contributed by atoms with E-state index in [4.69, 9.17) is 9.47 Å². The Hall–Kier alpha value is -3.30. The van der Waals surface area contributed by atoms with E-state index in [1.54, 1.807) is 13.8 Å². The lowest BCUT2D eigenvalue weighted by Gasteiger charge is -2.06. The second kappa shape index (κ2) is 6.30. The molecule has 8 nitrogen and oxygen atoms in total. The number of nitrogens with zero attached hydrogens (tertiary/aromatic N) is 4. The van der Waals surface area contributed by atoms with Crippen LogP contribution < -0.4 is 9.47 Å². The first-order valence-electron chi connectivity index (χ1n) is 7.14. The summed E-state index contributed by atoms with van der Waals surface area (Å²) < 4.78 is 37.8. The van der Waals surface area contributed by atoms with E-state index >= 15 is 0 Å². The van der Waals surface area contributed by atoms with Crippen LogP contribution in [0.25, 0.3) is 11.0 Å². The van der Waals surface area contributed by atoms with Gasteiger partial charge in [-0.25, -0.2) is 18.6 Å². The minimum atomic E-state index is -1.39. The maximum Gasteiger partial charge on any atom is 0.434 e. The van der Waals surface area contributed by atoms with E-state index in [-0.39, 0.29) is 34.8 Å². The summed E-state index contributed by atoms with van der Waals surface area (Å²) >= 11 is 0. The van der Waals surface area contributed by atoms with Crippen LogP contribution >= 0.6 is 0 Å². The van der Waals surface area contributed by atoms with Crippen molar-refractivity contribution in [3.05, 3.63) is 36.0 Å². The Bertz CT molecular complexity index is 958. The molecule has 25 heavy (non-hydrogen) atoms. The fraction of sp³-hybridized carbons (Fsp3) is 0.200. The number of carboxylic acid groups (broad SMARTS) is 1. The molecule has 0 bridgehead atoms. The molecule has 0 fully saturated rings. The standard InChI is InChI=1S/C15H12F2N4O4/c1-7(2)24-13-9-6-18-14(19-12(9)21(20-13)15(22)23)25-11-4-3-8(16)5-10(11)17/h3-7H,1-2H3,(H,22,23). The molecule has 1 aromatic carbocycles. The first kappa shape index (κ1) is 16.6. The van der Waals surface area contributed by atoms with Crippen molar-refractivity contribution in [2.24, 2.45) is 0 Å². The van der Waals surface area contributed by atoms with E-state index in [1.807, 2.05) is 0 Å². The van der Waals surface area contributed by atoms with Gasteiger partial charge in [-0.1, -0.05) is 0 Å². The van der Waals surface area contributed by atoms with Crippen molar-refractivity contribution in [3.8, 4) is 17.6 Å². The van der Waals surface area contributed by atoms with Gasteiger partial charge in [-0.15, -0.1) is 9.78 Å². The average Bonchev–Trinajstić information content (AvgIpc) is 2.88. The summed E-state index contributed by atoms with van der Waals surface area (Å²) in [5.74, 6) is -1.97. The van der Waals surface area contributed by atoms with Gasteiger partial charge in [0.25, 0.3) is 0 Å². The summed E-state index contributed by atoms with van der Waals surface area (Å²) in [6.07, 6.45) is -0.380. The molecule has 0 unspecified atom stereocenters. The molecule has 0 amide bonds. The van der Waals surface area contributed by atoms with Crippen molar-refractivity contribution in [1.82, 2.24) is 19.7 Å². The summed E-state index contributed by atoms with van der Waals surface area (Å²) in [6.45, 7) is 3.50. The number of rotatable bonds is 4. The first-order valence-corrected chi connectivity index (χ1v) is 7.14. The largest absolute Gasteiger partial charge is 0.473 e. The zero-order valence-corrected chi connectivity index (χ0v) is 13.1. The Morgan fingerprint density at radius 1 is 1.32 bits per heavy atom. The normalized spacial score (nSPS) is 11.1. The van der Waals surface area contributed by atoms with E-state index in [9.17, 15) is 18.7 Å². The van der Waals surface area contributed by atoms with Crippen LogP contribution in [0.1, 0.15) is 13.8 Å². The summed E-state index contributed by atoms with van der Waals surface area (Å²) in [7, 11) is 0. The SMILES string of the molecule is CC(C)Oc1nn(C(=O)O)c2nc(Oc3ccc(F)cc3F)ncc12. The van der Waals surface area contributed by atoms with Gasteiger partial charge in [0, 0.05) is 12.3 Å². The number of benzene rings is 1. The highest BCUT2D eigenvalue weighted by Crippen LogP contribution is 2.27. The molecule has 0 aliphatic heterocycles. The summed E-state index contributed by atoms with van der Waals surface area (Å²) in [4.78, 5) is 19.1. The number of hydrogen-bond donors (Lipinski definition) is 1. The number of ether oxygens (including phenoxy) is 2. The second-order valence-corrected chi connectivity index (χ2v) is 5.23. The van der Waals surface area contributed by atoms with Crippen LogP contribution in [0, 0.1) is 11.6 Å². The van der Waals surface area contributed by atoms with Crippen molar-refractivity contribution in [2.75, 3.05) is 0 Å². The Balaban J connectivity index is 2.03. The quantitative estimate of drug-likeness (QED) is 0.771. The van der Waals surface area contributed by atoms with Crippen LogP contribution in [-0.4, -0.2) is 37.1 Å². The molecule has 2 heterocycles. The van der Waals surface area contributed by atoms with Crippen LogP contribution in [0.2, 0.25) is 0 Å². The third-order valence-electron chi connectivity index (χ3n) is 2.99. The Kier molecular flexibility index (Phi) is 4.17. The molecule has 2 aromatic heterocycles. The zero-order valence-electron chi connectivity index (χ0n) is 13.1. The molecule has 3 aromatic rings. The van der Waals surface area contributed by atoms with Gasteiger partial charge in [-0.2, -0.15) is 4.98 Å². The van der Waals surface area contributed by atoms with Crippen molar-refractivity contribution in [1.29, 1.82) is 0 Å². The minimum Gasteiger partial charge on any atom is -0.473 e. The third-order valence-corrected chi connectivity index (χ3v) is 2.99. The van der Waals surface area contributed by atoms with Crippen molar-refractivity contribution in [2.45, 2.75) is 20.0 Å². The van der Waals surface area contributed by atoms with Crippen molar-refractivity contribution >= 4 is 17.1 Å². The van der Waals surface area contributed by atoms with Gasteiger partial charge in [0.05, 0.1) is 6.10 Å². The highest BCUT2D eigenvalue weighted by Gasteiger charge is 2.20. The monoisotopic (exact) mass is 350 g/mol. The van der Waals surface area contributed by atoms with Gasteiger partial charge >= 0.3 is 12.1 Å². The second-order valence-electron chi connectivity index (χ2n) is 5.23. The molecule has 1 N–H and O–H groups in total. The highest BCUT2D eigenvalue weighted by atomic mass is 19.1. The van der Waals surface area contributed by atoms with Crippen LogP contribution in [0.3, 0.4) is 0 Å². The lowest BCUT2D eigenvalue weighted by Crippen LogP contribution is -2.11. The molecular weight excluding hydrogens is 338 g/mol. The number of fused-ring (bicyclic) bond motifs is 1. The number of hydrogen-bond acceptors (Lipinski definition) is 6. The molecule has 0 saturated heterocycles. The molecule has 0 radical (unpaired) electrons. The first-order chi connectivity index (χ1) is 11.8. The lowest BCUT2D eigenvalue weighted by molar-refractivity contribution is 0.190. The van der Waals surface area contributed by atoms with Gasteiger partial charge in [-0.05, 0) is 26.0 Å². The van der Waals surface area contributed by atoms with Gasteiger partial charge in [0.2, 0.25) is 5.88 Å².